The Bertz CT molecular complexity index is 1190. The molecule has 0 N–H and O–H groups in total. The van der Waals surface area contributed by atoms with E-state index in [1.807, 2.05) is 22.7 Å². The molecule has 3 aromatic carbocycles. The van der Waals surface area contributed by atoms with Crippen molar-refractivity contribution >= 4 is 38.8 Å². The van der Waals surface area contributed by atoms with Gasteiger partial charge < -0.3 is 0 Å². The van der Waals surface area contributed by atoms with Gasteiger partial charge in [-0.2, -0.15) is 9.61 Å². The molecule has 5 rings (SSSR count). The van der Waals surface area contributed by atoms with E-state index in [1.165, 1.54) is 15.7 Å². The molecule has 4 nitrogen and oxygen atoms in total. The zero-order valence-corrected chi connectivity index (χ0v) is 15.4. The number of rotatable bonds is 4. The molecule has 0 spiro atoms. The number of aromatic nitrogens is 4. The Balaban J connectivity index is 1.52. The molecule has 126 valence electrons. The zero-order valence-electron chi connectivity index (χ0n) is 13.7. The summed E-state index contributed by atoms with van der Waals surface area (Å²) in [5.41, 5.74) is 1.14. The number of hydrogen-bond donors (Lipinski definition) is 0. The molecule has 0 aliphatic heterocycles. The van der Waals surface area contributed by atoms with Crippen molar-refractivity contribution in [2.45, 2.75) is 10.6 Å². The molecule has 26 heavy (non-hydrogen) atoms. The van der Waals surface area contributed by atoms with Crippen molar-refractivity contribution < 1.29 is 0 Å². The van der Waals surface area contributed by atoms with Crippen LogP contribution in [0.2, 0.25) is 0 Å². The molecule has 6 heteroatoms. The minimum atomic E-state index is 0.740. The van der Waals surface area contributed by atoms with E-state index >= 15 is 0 Å². The lowest BCUT2D eigenvalue weighted by Gasteiger charge is -2.02. The van der Waals surface area contributed by atoms with Gasteiger partial charge in [0.1, 0.15) is 5.01 Å². The molecule has 0 radical (unpaired) electrons. The molecular weight excluding hydrogens is 360 g/mol. The number of nitrogens with zero attached hydrogens (tertiary/aromatic N) is 4. The third-order valence-electron chi connectivity index (χ3n) is 4.19. The first-order valence-corrected chi connectivity index (χ1v) is 10.1. The van der Waals surface area contributed by atoms with Gasteiger partial charge in [0, 0.05) is 10.5 Å². The monoisotopic (exact) mass is 374 g/mol. The van der Waals surface area contributed by atoms with Gasteiger partial charge in [0.2, 0.25) is 4.96 Å². The van der Waals surface area contributed by atoms with Crippen LogP contribution in [0.5, 0.6) is 0 Å². The van der Waals surface area contributed by atoms with Crippen LogP contribution in [0.4, 0.5) is 0 Å². The van der Waals surface area contributed by atoms with E-state index in [4.69, 9.17) is 5.10 Å². The van der Waals surface area contributed by atoms with E-state index in [2.05, 4.69) is 64.8 Å². The van der Waals surface area contributed by atoms with Gasteiger partial charge in [0.25, 0.3) is 0 Å². The van der Waals surface area contributed by atoms with Gasteiger partial charge in [-0.3, -0.25) is 0 Å². The van der Waals surface area contributed by atoms with Gasteiger partial charge in [-0.1, -0.05) is 72.0 Å². The van der Waals surface area contributed by atoms with E-state index in [0.29, 0.717) is 0 Å². The highest BCUT2D eigenvalue weighted by Gasteiger charge is 2.14. The molecular formula is C20H14N4S2. The molecule has 0 aliphatic carbocycles. The first-order valence-electron chi connectivity index (χ1n) is 8.25. The minimum Gasteiger partial charge on any atom is -0.186 e. The summed E-state index contributed by atoms with van der Waals surface area (Å²) in [6.07, 6.45) is 0. The Labute approximate surface area is 158 Å². The summed E-state index contributed by atoms with van der Waals surface area (Å²) in [7, 11) is 0. The highest BCUT2D eigenvalue weighted by molar-refractivity contribution is 7.98. The van der Waals surface area contributed by atoms with Crippen molar-refractivity contribution in [1.82, 2.24) is 19.8 Å². The molecule has 0 fully saturated rings. The highest BCUT2D eigenvalue weighted by Crippen LogP contribution is 2.32. The van der Waals surface area contributed by atoms with Gasteiger partial charge in [0.05, 0.1) is 5.75 Å². The lowest BCUT2D eigenvalue weighted by atomic mass is 10.1. The van der Waals surface area contributed by atoms with Crippen molar-refractivity contribution in [2.24, 2.45) is 0 Å². The topological polar surface area (TPSA) is 43.1 Å². The van der Waals surface area contributed by atoms with Crippen molar-refractivity contribution in [3.05, 3.63) is 78.6 Å². The second kappa shape index (κ2) is 6.55. The molecule has 0 bridgehead atoms. The van der Waals surface area contributed by atoms with E-state index < -0.39 is 0 Å². The van der Waals surface area contributed by atoms with Crippen LogP contribution in [-0.4, -0.2) is 19.8 Å². The Morgan fingerprint density at radius 3 is 2.58 bits per heavy atom. The van der Waals surface area contributed by atoms with Crippen LogP contribution in [-0.2, 0) is 5.75 Å². The standard InChI is InChI=1S/C20H14N4S2/c1-2-9-15(10-3-1)25-13-18-21-22-20-24(18)23-19(26-20)17-12-6-8-14-7-4-5-11-16(14)17/h1-12H,13H2. The minimum absolute atomic E-state index is 0.740. The van der Waals surface area contributed by atoms with Crippen LogP contribution in [0.3, 0.4) is 0 Å². The maximum Gasteiger partial charge on any atom is 0.235 e. The largest absolute Gasteiger partial charge is 0.235 e. The van der Waals surface area contributed by atoms with Crippen molar-refractivity contribution in [3.63, 3.8) is 0 Å². The average Bonchev–Trinajstić information content (AvgIpc) is 3.28. The van der Waals surface area contributed by atoms with Crippen LogP contribution >= 0.6 is 23.1 Å². The summed E-state index contributed by atoms with van der Waals surface area (Å²) in [5.74, 6) is 1.61. The van der Waals surface area contributed by atoms with Gasteiger partial charge >= 0.3 is 0 Å². The van der Waals surface area contributed by atoms with Crippen molar-refractivity contribution in [1.29, 1.82) is 0 Å². The Hall–Kier alpha value is -2.70. The summed E-state index contributed by atoms with van der Waals surface area (Å²) in [5, 5.41) is 16.8. The second-order valence-electron chi connectivity index (χ2n) is 5.85. The van der Waals surface area contributed by atoms with Gasteiger partial charge in [-0.15, -0.1) is 22.0 Å². The van der Waals surface area contributed by atoms with E-state index in [9.17, 15) is 0 Å². The van der Waals surface area contributed by atoms with Gasteiger partial charge in [0.15, 0.2) is 5.82 Å². The fourth-order valence-corrected chi connectivity index (χ4v) is 4.66. The van der Waals surface area contributed by atoms with Crippen LogP contribution in [0.25, 0.3) is 26.3 Å². The van der Waals surface area contributed by atoms with Gasteiger partial charge in [-0.05, 0) is 22.9 Å². The second-order valence-corrected chi connectivity index (χ2v) is 7.85. The first-order chi connectivity index (χ1) is 12.9. The maximum atomic E-state index is 4.80. The molecule has 0 saturated carbocycles. The average molecular weight is 374 g/mol. The van der Waals surface area contributed by atoms with E-state index in [-0.39, 0.29) is 0 Å². The molecule has 0 unspecified atom stereocenters. The summed E-state index contributed by atoms with van der Waals surface area (Å²) in [6, 6.07) is 25.0. The first kappa shape index (κ1) is 15.5. The third kappa shape index (κ3) is 2.77. The van der Waals surface area contributed by atoms with Crippen molar-refractivity contribution in [2.75, 3.05) is 0 Å². The SMILES string of the molecule is c1ccc(SCc2nnc3sc(-c4cccc5ccccc45)nn23)cc1. The predicted molar refractivity (Wildman–Crippen MR) is 108 cm³/mol. The Morgan fingerprint density at radius 2 is 1.65 bits per heavy atom. The maximum absolute atomic E-state index is 4.80. The fraction of sp³-hybridized carbons (Fsp3) is 0.0500. The van der Waals surface area contributed by atoms with Crippen LogP contribution in [0, 0.1) is 0 Å². The zero-order chi connectivity index (χ0) is 17.3. The molecule has 5 aromatic rings. The lowest BCUT2D eigenvalue weighted by Crippen LogP contribution is -1.94. The van der Waals surface area contributed by atoms with Crippen molar-refractivity contribution in [3.8, 4) is 10.6 Å². The molecule has 2 heterocycles. The normalized spacial score (nSPS) is 11.4. The Kier molecular flexibility index (Phi) is 3.92. The molecule has 2 aromatic heterocycles. The van der Waals surface area contributed by atoms with E-state index in [1.54, 1.807) is 23.1 Å². The molecule has 0 aliphatic rings. The number of benzene rings is 3. The molecule has 0 amide bonds. The van der Waals surface area contributed by atoms with Gasteiger partial charge in [-0.25, -0.2) is 0 Å². The lowest BCUT2D eigenvalue weighted by molar-refractivity contribution is 0.888. The van der Waals surface area contributed by atoms with Crippen LogP contribution in [0.15, 0.2) is 77.7 Å². The van der Waals surface area contributed by atoms with Crippen LogP contribution < -0.4 is 0 Å². The molecule has 0 atom stereocenters. The molecule has 0 saturated heterocycles. The smallest absolute Gasteiger partial charge is 0.186 e. The number of hydrogen-bond acceptors (Lipinski definition) is 5. The quantitative estimate of drug-likeness (QED) is 0.401. The summed E-state index contributed by atoms with van der Waals surface area (Å²) >= 11 is 3.32. The summed E-state index contributed by atoms with van der Waals surface area (Å²) < 4.78 is 1.87. The number of thioether (sulfide) groups is 1. The fourth-order valence-electron chi connectivity index (χ4n) is 2.93. The van der Waals surface area contributed by atoms with E-state index in [0.717, 1.165) is 27.1 Å². The number of fused-ring (bicyclic) bond motifs is 2. The van der Waals surface area contributed by atoms with Crippen LogP contribution in [0.1, 0.15) is 5.82 Å². The highest BCUT2D eigenvalue weighted by atomic mass is 32.2. The Morgan fingerprint density at radius 1 is 0.846 bits per heavy atom. The third-order valence-corrected chi connectivity index (χ3v) is 6.13. The predicted octanol–water partition coefficient (Wildman–Crippen LogP) is 5.30. The summed E-state index contributed by atoms with van der Waals surface area (Å²) in [4.78, 5) is 2.05. The summed E-state index contributed by atoms with van der Waals surface area (Å²) in [6.45, 7) is 0.